The molecular weight excluding hydrogens is 472 g/mol. The summed E-state index contributed by atoms with van der Waals surface area (Å²) in [5, 5.41) is 19.4. The molecule has 3 rings (SSSR count). The number of thiazole rings is 1. The molecule has 2 fully saturated rings. The second kappa shape index (κ2) is 9.89. The van der Waals surface area contributed by atoms with Crippen LogP contribution in [-0.4, -0.2) is 89.4 Å². The van der Waals surface area contributed by atoms with E-state index < -0.39 is 35.4 Å². The van der Waals surface area contributed by atoms with Crippen molar-refractivity contribution < 1.29 is 33.6 Å². The third-order valence-corrected chi connectivity index (χ3v) is 6.59. The van der Waals surface area contributed by atoms with E-state index >= 15 is 0 Å². The molecule has 1 aromatic heterocycles. The molecular formula is C19H24N6O6S2. The molecule has 0 spiro atoms. The Bertz CT molecular complexity index is 1030. The first-order valence-electron chi connectivity index (χ1n) is 10.0. The first-order chi connectivity index (χ1) is 15.6. The van der Waals surface area contributed by atoms with Gasteiger partial charge >= 0.3 is 0 Å². The van der Waals surface area contributed by atoms with Crippen molar-refractivity contribution in [3.63, 3.8) is 0 Å². The molecule has 0 unspecified atom stereocenters. The number of aliphatic carboxylic acids is 1. The zero-order valence-electron chi connectivity index (χ0n) is 18.1. The maximum atomic E-state index is 12.7. The van der Waals surface area contributed by atoms with Crippen molar-refractivity contribution in [2.45, 2.75) is 18.9 Å². The number of nitrogens with zero attached hydrogens (tertiary/aromatic N) is 4. The van der Waals surface area contributed by atoms with Crippen molar-refractivity contribution in [3.8, 4) is 0 Å². The highest BCUT2D eigenvalue weighted by Gasteiger charge is 2.51. The first-order valence-corrected chi connectivity index (χ1v) is 11.5. The number of β-lactam (4-membered cyclic amide) rings is 2. The van der Waals surface area contributed by atoms with Crippen LogP contribution in [0.2, 0.25) is 0 Å². The molecule has 2 aliphatic heterocycles. The molecule has 12 nitrogen and oxygen atoms in total. The fourth-order valence-electron chi connectivity index (χ4n) is 3.95. The molecule has 2 saturated heterocycles. The van der Waals surface area contributed by atoms with Gasteiger partial charge in [-0.25, -0.2) is 9.88 Å². The highest BCUT2D eigenvalue weighted by atomic mass is 32.1. The van der Waals surface area contributed by atoms with Gasteiger partial charge < -0.3 is 30.3 Å². The molecule has 1 aromatic rings. The van der Waals surface area contributed by atoms with Gasteiger partial charge in [-0.2, -0.15) is 12.6 Å². The molecule has 0 radical (unpaired) electrons. The molecule has 14 heteroatoms. The van der Waals surface area contributed by atoms with Crippen LogP contribution in [0.3, 0.4) is 0 Å². The van der Waals surface area contributed by atoms with Gasteiger partial charge in [-0.1, -0.05) is 5.16 Å². The molecule has 33 heavy (non-hydrogen) atoms. The number of likely N-dealkylation sites (tertiary alicyclic amines) is 2. The molecule has 2 aliphatic rings. The number of anilines is 1. The first kappa shape index (κ1) is 24.7. The number of hydrogen-bond donors (Lipinski definition) is 3. The van der Waals surface area contributed by atoms with Crippen molar-refractivity contribution in [1.82, 2.24) is 15.2 Å². The minimum atomic E-state index is -1.66. The second-order valence-electron chi connectivity index (χ2n) is 7.94. The van der Waals surface area contributed by atoms with Crippen molar-refractivity contribution in [2.24, 2.45) is 5.16 Å². The van der Waals surface area contributed by atoms with Crippen LogP contribution in [-0.2, 0) is 24.0 Å². The van der Waals surface area contributed by atoms with E-state index in [0.717, 1.165) is 37.3 Å². The summed E-state index contributed by atoms with van der Waals surface area (Å²) in [7, 11) is 3.19. The lowest BCUT2D eigenvalue weighted by molar-refractivity contribution is -0.893. The number of rotatable bonds is 9. The average Bonchev–Trinajstić information content (AvgIpc) is 3.40. The number of nitrogens with one attached hydrogen (secondary N) is 1. The molecule has 0 atom stereocenters. The van der Waals surface area contributed by atoms with Crippen molar-refractivity contribution >= 4 is 58.5 Å². The van der Waals surface area contributed by atoms with Crippen LogP contribution in [0.5, 0.6) is 0 Å². The highest BCUT2D eigenvalue weighted by molar-refractivity contribution is 7.80. The minimum absolute atomic E-state index is 0.0289. The molecule has 0 aliphatic carbocycles. The quantitative estimate of drug-likeness (QED) is 0.0678. The van der Waals surface area contributed by atoms with E-state index in [9.17, 15) is 24.3 Å². The number of carboxylic acid groups (broad SMARTS) is 1. The maximum Gasteiger partial charge on any atom is 0.276 e. The summed E-state index contributed by atoms with van der Waals surface area (Å²) in [6.07, 6.45) is 2.01. The van der Waals surface area contributed by atoms with Crippen LogP contribution in [0.15, 0.2) is 21.8 Å². The predicted octanol–water partition coefficient (Wildman–Crippen LogP) is -1.90. The Morgan fingerprint density at radius 3 is 2.52 bits per heavy atom. The lowest BCUT2D eigenvalue weighted by Gasteiger charge is -2.39. The summed E-state index contributed by atoms with van der Waals surface area (Å²) < 4.78 is 0.580. The number of carbonyl (C=O) groups is 4. The normalized spacial score (nSPS) is 19.2. The molecule has 3 amide bonds. The largest absolute Gasteiger partial charge is 0.543 e. The van der Waals surface area contributed by atoms with Gasteiger partial charge in [-0.3, -0.25) is 14.4 Å². The predicted molar refractivity (Wildman–Crippen MR) is 120 cm³/mol. The number of oxime groups is 1. The Morgan fingerprint density at radius 2 is 2.03 bits per heavy atom. The van der Waals surface area contributed by atoms with E-state index in [2.05, 4.69) is 32.9 Å². The van der Waals surface area contributed by atoms with Crippen LogP contribution in [0.4, 0.5) is 5.13 Å². The number of quaternary nitrogens is 1. The summed E-state index contributed by atoms with van der Waals surface area (Å²) in [6.45, 7) is 2.01. The molecule has 3 N–H and O–H groups in total. The van der Waals surface area contributed by atoms with Crippen molar-refractivity contribution in [1.29, 1.82) is 0 Å². The Kier molecular flexibility index (Phi) is 7.39. The van der Waals surface area contributed by atoms with Crippen LogP contribution in [0.1, 0.15) is 18.5 Å². The minimum Gasteiger partial charge on any atom is -0.543 e. The SMILES string of the molecule is CO/N=C(\C(=O)NC1C(=O)N(C(C(=O)[O-])=C(CS)C[N+]2(C)CCCC2)C1=O)c1csc(N)n1. The fraction of sp³-hybridized carbons (Fsp3) is 0.474. The number of likely N-dealkylation sites (N-methyl/N-ethyl adjacent to an activating group) is 1. The molecule has 0 bridgehead atoms. The number of hydrogen-bond acceptors (Lipinski definition) is 11. The molecule has 3 heterocycles. The zero-order chi connectivity index (χ0) is 24.3. The van der Waals surface area contributed by atoms with E-state index in [-0.39, 0.29) is 22.3 Å². The van der Waals surface area contributed by atoms with Gasteiger partial charge in [0.15, 0.2) is 16.9 Å². The van der Waals surface area contributed by atoms with Gasteiger partial charge in [0.05, 0.1) is 31.8 Å². The number of nitrogens with two attached hydrogens (primary N) is 1. The van der Waals surface area contributed by atoms with E-state index in [1.165, 1.54) is 12.5 Å². The van der Waals surface area contributed by atoms with Crippen LogP contribution in [0.25, 0.3) is 0 Å². The van der Waals surface area contributed by atoms with Crippen LogP contribution in [0, 0.1) is 0 Å². The fourth-order valence-corrected chi connectivity index (χ4v) is 4.75. The third-order valence-electron chi connectivity index (χ3n) is 5.53. The summed E-state index contributed by atoms with van der Waals surface area (Å²) in [4.78, 5) is 59.2. The highest BCUT2D eigenvalue weighted by Crippen LogP contribution is 2.26. The monoisotopic (exact) mass is 496 g/mol. The Hall–Kier alpha value is -2.97. The summed E-state index contributed by atoms with van der Waals surface area (Å²) in [6, 6.07) is -1.58. The number of amides is 3. The van der Waals surface area contributed by atoms with E-state index in [4.69, 9.17) is 5.73 Å². The van der Waals surface area contributed by atoms with Gasteiger partial charge in [0.1, 0.15) is 19.3 Å². The summed E-state index contributed by atoms with van der Waals surface area (Å²) in [5.41, 5.74) is 5.18. The number of thiol groups is 1. The molecule has 0 saturated carbocycles. The average molecular weight is 497 g/mol. The van der Waals surface area contributed by atoms with Gasteiger partial charge in [0.25, 0.3) is 17.7 Å². The van der Waals surface area contributed by atoms with Gasteiger partial charge in [-0.15, -0.1) is 11.3 Å². The Balaban J connectivity index is 1.81. The Labute approximate surface area is 199 Å². The topological polar surface area (TPSA) is 167 Å². The second-order valence-corrected chi connectivity index (χ2v) is 9.15. The Morgan fingerprint density at radius 1 is 1.39 bits per heavy atom. The standard InChI is InChI=1S/C19H24N6O6S2/c1-25(5-3-4-6-25)7-10(8-32)14(18(29)30)24-16(27)13(17(24)28)22-15(26)12(23-31-2)11-9-33-19(20)21-11/h9,13H,3-8H2,1-2H3,(H4-,20,21,22,26,29,30,32)/b14-10?,23-12-. The van der Waals surface area contributed by atoms with Gasteiger partial charge in [-0.05, 0) is 0 Å². The van der Waals surface area contributed by atoms with Crippen LogP contribution < -0.4 is 16.2 Å². The molecule has 178 valence electrons. The third kappa shape index (κ3) is 5.02. The zero-order valence-corrected chi connectivity index (χ0v) is 19.8. The van der Waals surface area contributed by atoms with Crippen LogP contribution >= 0.6 is 24.0 Å². The van der Waals surface area contributed by atoms with Gasteiger partial charge in [0.2, 0.25) is 0 Å². The maximum absolute atomic E-state index is 12.7. The summed E-state index contributed by atoms with van der Waals surface area (Å²) >= 11 is 5.29. The number of imide groups is 1. The lowest BCUT2D eigenvalue weighted by Crippen LogP contribution is -2.69. The van der Waals surface area contributed by atoms with E-state index in [1.54, 1.807) is 0 Å². The number of aromatic nitrogens is 1. The summed E-state index contributed by atoms with van der Waals surface area (Å²) in [5.74, 6) is -4.33. The number of nitrogen functional groups attached to an aromatic ring is 1. The van der Waals surface area contributed by atoms with Crippen molar-refractivity contribution in [2.75, 3.05) is 45.3 Å². The molecule has 0 aromatic carbocycles. The lowest BCUT2D eigenvalue weighted by atomic mass is 10.0. The number of carboxylic acids is 1. The van der Waals surface area contributed by atoms with Gasteiger partial charge in [0, 0.05) is 29.5 Å². The smallest absolute Gasteiger partial charge is 0.276 e. The number of carbonyl (C=O) groups excluding carboxylic acids is 4. The van der Waals surface area contributed by atoms with Crippen molar-refractivity contribution in [3.05, 3.63) is 22.3 Å². The van der Waals surface area contributed by atoms with E-state index in [1.807, 2.05) is 7.05 Å². The van der Waals surface area contributed by atoms with E-state index in [0.29, 0.717) is 21.5 Å².